The summed E-state index contributed by atoms with van der Waals surface area (Å²) in [4.78, 5) is 13.7. The monoisotopic (exact) mass is 356 g/mol. The molecule has 1 aromatic heterocycles. The van der Waals surface area contributed by atoms with Gasteiger partial charge in [0.05, 0.1) is 16.8 Å². The fourth-order valence-corrected chi connectivity index (χ4v) is 4.49. The second kappa shape index (κ2) is 5.57. The molecule has 1 aromatic carbocycles. The van der Waals surface area contributed by atoms with Crippen molar-refractivity contribution in [3.05, 3.63) is 45.1 Å². The molecule has 1 N–H and O–H groups in total. The highest BCUT2D eigenvalue weighted by Crippen LogP contribution is 2.37. The van der Waals surface area contributed by atoms with E-state index in [9.17, 15) is 13.2 Å². The highest BCUT2D eigenvalue weighted by Gasteiger charge is 2.29. The molecule has 0 spiro atoms. The molecule has 0 aliphatic carbocycles. The first-order valence-electron chi connectivity index (χ1n) is 6.52. The number of hydrogen-bond donors (Lipinski definition) is 1. The van der Waals surface area contributed by atoms with Gasteiger partial charge in [-0.25, -0.2) is 8.42 Å². The molecule has 116 valence electrons. The van der Waals surface area contributed by atoms with Crippen molar-refractivity contribution >= 4 is 50.2 Å². The first-order chi connectivity index (χ1) is 10.3. The zero-order chi connectivity index (χ0) is 15.9. The van der Waals surface area contributed by atoms with Crippen LogP contribution >= 0.6 is 22.9 Å². The van der Waals surface area contributed by atoms with Gasteiger partial charge in [-0.1, -0.05) is 11.6 Å². The number of benzene rings is 1. The summed E-state index contributed by atoms with van der Waals surface area (Å²) >= 11 is 7.13. The molecule has 2 aromatic rings. The lowest BCUT2D eigenvalue weighted by Gasteiger charge is -2.14. The number of rotatable bonds is 3. The summed E-state index contributed by atoms with van der Waals surface area (Å²) in [5.41, 5.74) is 1.26. The molecular formula is C14H13ClN2O3S2. The topological polar surface area (TPSA) is 66.5 Å². The second-order valence-corrected chi connectivity index (χ2v) is 8.45. The van der Waals surface area contributed by atoms with Crippen molar-refractivity contribution in [3.63, 3.8) is 0 Å². The molecule has 2 heterocycles. The number of carbonyl (C=O) groups is 1. The van der Waals surface area contributed by atoms with Crippen molar-refractivity contribution in [3.8, 4) is 0 Å². The molecule has 5 nitrogen and oxygen atoms in total. The normalized spacial score (nSPS) is 14.0. The minimum Gasteiger partial charge on any atom is -0.321 e. The van der Waals surface area contributed by atoms with Crippen molar-refractivity contribution < 1.29 is 13.2 Å². The quantitative estimate of drug-likeness (QED) is 0.919. The molecule has 0 saturated heterocycles. The maximum Gasteiger partial charge on any atom is 0.265 e. The number of fused-ring (bicyclic) bond motifs is 1. The number of thiophene rings is 1. The average molecular weight is 357 g/mol. The predicted molar refractivity (Wildman–Crippen MR) is 89.6 cm³/mol. The van der Waals surface area contributed by atoms with Crippen LogP contribution in [-0.4, -0.2) is 27.1 Å². The molecule has 0 atom stereocenters. The highest BCUT2D eigenvalue weighted by atomic mass is 35.5. The minimum absolute atomic E-state index is 0.254. The molecule has 3 rings (SSSR count). The third kappa shape index (κ3) is 2.97. The van der Waals surface area contributed by atoms with E-state index in [1.165, 1.54) is 21.9 Å². The Kier molecular flexibility index (Phi) is 3.88. The third-order valence-corrected chi connectivity index (χ3v) is 5.94. The van der Waals surface area contributed by atoms with Crippen LogP contribution in [0.1, 0.15) is 14.5 Å². The lowest BCUT2D eigenvalue weighted by molar-refractivity contribution is 0.103. The van der Waals surface area contributed by atoms with Crippen LogP contribution in [0, 0.1) is 0 Å². The molecule has 1 aliphatic rings. The van der Waals surface area contributed by atoms with E-state index < -0.39 is 10.0 Å². The molecule has 0 unspecified atom stereocenters. The Balaban J connectivity index is 1.82. The van der Waals surface area contributed by atoms with Crippen molar-refractivity contribution in [2.45, 2.75) is 6.42 Å². The number of carbonyl (C=O) groups excluding carboxylic acids is 1. The van der Waals surface area contributed by atoms with E-state index >= 15 is 0 Å². The van der Waals surface area contributed by atoms with E-state index in [1.54, 1.807) is 30.3 Å². The summed E-state index contributed by atoms with van der Waals surface area (Å²) in [6, 6.07) is 8.45. The highest BCUT2D eigenvalue weighted by molar-refractivity contribution is 7.92. The fraction of sp³-hybridized carbons (Fsp3) is 0.214. The van der Waals surface area contributed by atoms with Crippen LogP contribution in [0.5, 0.6) is 0 Å². The summed E-state index contributed by atoms with van der Waals surface area (Å²) in [6.07, 6.45) is 1.81. The van der Waals surface area contributed by atoms with Gasteiger partial charge in [-0.15, -0.1) is 11.3 Å². The number of nitrogens with zero attached hydrogens (tertiary/aromatic N) is 1. The van der Waals surface area contributed by atoms with E-state index in [1.807, 2.05) is 0 Å². The standard InChI is InChI=1S/C14H13ClN2O3S2/c1-22(19,20)17-7-6-12-11(17)8-13(21-12)14(18)16-10-4-2-9(15)3-5-10/h2-5,8H,6-7H2,1H3,(H,16,18). The number of hydrogen-bond acceptors (Lipinski definition) is 4. The molecule has 0 saturated carbocycles. The van der Waals surface area contributed by atoms with Gasteiger partial charge in [-0.3, -0.25) is 9.10 Å². The third-order valence-electron chi connectivity index (χ3n) is 3.32. The molecule has 0 radical (unpaired) electrons. The molecule has 1 aliphatic heterocycles. The van der Waals surface area contributed by atoms with Crippen molar-refractivity contribution in [1.29, 1.82) is 0 Å². The Morgan fingerprint density at radius 3 is 2.64 bits per heavy atom. The Labute approximate surface area is 137 Å². The van der Waals surface area contributed by atoms with E-state index in [-0.39, 0.29) is 5.91 Å². The fourth-order valence-electron chi connectivity index (χ4n) is 2.32. The van der Waals surface area contributed by atoms with Crippen LogP contribution in [0.2, 0.25) is 5.02 Å². The van der Waals surface area contributed by atoms with Gasteiger partial charge in [0.25, 0.3) is 5.91 Å². The average Bonchev–Trinajstić information content (AvgIpc) is 2.99. The van der Waals surface area contributed by atoms with Crippen molar-refractivity contribution in [2.75, 3.05) is 22.4 Å². The van der Waals surface area contributed by atoms with Crippen LogP contribution in [0.3, 0.4) is 0 Å². The SMILES string of the molecule is CS(=O)(=O)N1CCc2sc(C(=O)Nc3ccc(Cl)cc3)cc21. The summed E-state index contributed by atoms with van der Waals surface area (Å²) < 4.78 is 24.8. The number of anilines is 2. The summed E-state index contributed by atoms with van der Waals surface area (Å²) in [7, 11) is -3.30. The number of amides is 1. The van der Waals surface area contributed by atoms with E-state index in [0.29, 0.717) is 34.2 Å². The second-order valence-electron chi connectivity index (χ2n) is 4.97. The lowest BCUT2D eigenvalue weighted by atomic mass is 10.3. The smallest absolute Gasteiger partial charge is 0.265 e. The zero-order valence-electron chi connectivity index (χ0n) is 11.7. The maximum absolute atomic E-state index is 12.3. The predicted octanol–water partition coefficient (Wildman–Crippen LogP) is 2.98. The van der Waals surface area contributed by atoms with Gasteiger partial charge in [0.15, 0.2) is 0 Å². The lowest BCUT2D eigenvalue weighted by Crippen LogP contribution is -2.27. The largest absolute Gasteiger partial charge is 0.321 e. The molecule has 22 heavy (non-hydrogen) atoms. The molecule has 8 heteroatoms. The Bertz CT molecular complexity index is 828. The van der Waals surface area contributed by atoms with E-state index in [4.69, 9.17) is 11.6 Å². The molecule has 0 fully saturated rings. The van der Waals surface area contributed by atoms with Crippen LogP contribution in [-0.2, 0) is 16.4 Å². The van der Waals surface area contributed by atoms with Crippen LogP contribution in [0.4, 0.5) is 11.4 Å². The first kappa shape index (κ1) is 15.3. The van der Waals surface area contributed by atoms with Gasteiger partial charge in [0.2, 0.25) is 10.0 Å². The van der Waals surface area contributed by atoms with Crippen molar-refractivity contribution in [1.82, 2.24) is 0 Å². The van der Waals surface area contributed by atoms with Crippen LogP contribution in [0.25, 0.3) is 0 Å². The van der Waals surface area contributed by atoms with Gasteiger partial charge in [0.1, 0.15) is 0 Å². The molecular weight excluding hydrogens is 344 g/mol. The van der Waals surface area contributed by atoms with Gasteiger partial charge in [-0.05, 0) is 30.3 Å². The minimum atomic E-state index is -3.30. The first-order valence-corrected chi connectivity index (χ1v) is 9.56. The van der Waals surface area contributed by atoms with Crippen LogP contribution in [0.15, 0.2) is 30.3 Å². The van der Waals surface area contributed by atoms with E-state index in [2.05, 4.69) is 5.32 Å². The summed E-state index contributed by atoms with van der Waals surface area (Å²) in [5.74, 6) is -0.254. The number of sulfonamides is 1. The Morgan fingerprint density at radius 1 is 1.32 bits per heavy atom. The Hall–Kier alpha value is -1.57. The zero-order valence-corrected chi connectivity index (χ0v) is 14.1. The summed E-state index contributed by atoms with van der Waals surface area (Å²) in [6.45, 7) is 0.444. The van der Waals surface area contributed by atoms with Gasteiger partial charge >= 0.3 is 0 Å². The molecule has 0 bridgehead atoms. The maximum atomic E-state index is 12.3. The van der Waals surface area contributed by atoms with Gasteiger partial charge in [-0.2, -0.15) is 0 Å². The van der Waals surface area contributed by atoms with Crippen molar-refractivity contribution in [2.24, 2.45) is 0 Å². The van der Waals surface area contributed by atoms with E-state index in [0.717, 1.165) is 4.88 Å². The van der Waals surface area contributed by atoms with Gasteiger partial charge < -0.3 is 5.32 Å². The number of nitrogens with one attached hydrogen (secondary N) is 1. The number of halogens is 1. The van der Waals surface area contributed by atoms with Gasteiger partial charge in [0, 0.05) is 28.6 Å². The Morgan fingerprint density at radius 2 is 2.00 bits per heavy atom. The molecule has 1 amide bonds. The van der Waals surface area contributed by atoms with Crippen LogP contribution < -0.4 is 9.62 Å². The summed E-state index contributed by atoms with van der Waals surface area (Å²) in [5, 5.41) is 3.37.